The average molecular weight is 206 g/mol. The third-order valence-corrected chi connectivity index (χ3v) is 1.62. The van der Waals surface area contributed by atoms with Gasteiger partial charge in [-0.3, -0.25) is 5.32 Å². The summed E-state index contributed by atoms with van der Waals surface area (Å²) in [6.45, 7) is 2.01. The van der Waals surface area contributed by atoms with E-state index in [1.54, 1.807) is 19.1 Å². The van der Waals surface area contributed by atoms with E-state index < -0.39 is 6.09 Å². The summed E-state index contributed by atoms with van der Waals surface area (Å²) >= 11 is 0. The molecule has 0 aliphatic carbocycles. The molecule has 7 heteroatoms. The monoisotopic (exact) mass is 206 g/mol. The van der Waals surface area contributed by atoms with Crippen molar-refractivity contribution in [3.63, 3.8) is 0 Å². The molecule has 2 heterocycles. The van der Waals surface area contributed by atoms with Crippen LogP contribution in [-0.2, 0) is 4.74 Å². The number of ether oxygens (including phenoxy) is 1. The third kappa shape index (κ3) is 1.85. The topological polar surface area (TPSA) is 81.4 Å². The SMILES string of the molecule is CCOC(=O)Nc1nnc2cc[c]nn12. The highest BCUT2D eigenvalue weighted by Crippen LogP contribution is 2.04. The molecule has 0 aliphatic rings. The summed E-state index contributed by atoms with van der Waals surface area (Å²) in [5, 5.41) is 13.8. The van der Waals surface area contributed by atoms with Crippen LogP contribution in [0.5, 0.6) is 0 Å². The maximum absolute atomic E-state index is 11.1. The van der Waals surface area contributed by atoms with Crippen LogP contribution in [0.2, 0.25) is 0 Å². The zero-order valence-corrected chi connectivity index (χ0v) is 7.97. The Hall–Kier alpha value is -2.18. The van der Waals surface area contributed by atoms with Gasteiger partial charge in [0, 0.05) is 0 Å². The van der Waals surface area contributed by atoms with Crippen molar-refractivity contribution in [1.29, 1.82) is 0 Å². The van der Waals surface area contributed by atoms with Crippen LogP contribution in [0, 0.1) is 6.20 Å². The highest BCUT2D eigenvalue weighted by molar-refractivity contribution is 5.82. The fourth-order valence-corrected chi connectivity index (χ4v) is 1.03. The molecule has 77 valence electrons. The summed E-state index contributed by atoms with van der Waals surface area (Å²) in [7, 11) is 0. The van der Waals surface area contributed by atoms with Gasteiger partial charge in [0.15, 0.2) is 5.65 Å². The normalized spacial score (nSPS) is 10.2. The molecule has 1 radical (unpaired) electrons. The van der Waals surface area contributed by atoms with Crippen molar-refractivity contribution < 1.29 is 9.53 Å². The van der Waals surface area contributed by atoms with Gasteiger partial charge in [-0.25, -0.2) is 4.79 Å². The number of anilines is 1. The van der Waals surface area contributed by atoms with Gasteiger partial charge in [-0.15, -0.1) is 10.2 Å². The summed E-state index contributed by atoms with van der Waals surface area (Å²) in [4.78, 5) is 11.1. The zero-order chi connectivity index (χ0) is 10.7. The maximum Gasteiger partial charge on any atom is 0.414 e. The average Bonchev–Trinajstić information content (AvgIpc) is 2.62. The summed E-state index contributed by atoms with van der Waals surface area (Å²) in [6.07, 6.45) is 2.02. The van der Waals surface area contributed by atoms with Crippen molar-refractivity contribution in [2.75, 3.05) is 11.9 Å². The molecule has 1 amide bonds. The Labute approximate surface area is 85.1 Å². The summed E-state index contributed by atoms with van der Waals surface area (Å²) < 4.78 is 6.05. The molecule has 0 aromatic carbocycles. The number of aromatic nitrogens is 4. The molecule has 0 atom stereocenters. The highest BCUT2D eigenvalue weighted by Gasteiger charge is 2.09. The van der Waals surface area contributed by atoms with E-state index in [1.807, 2.05) is 0 Å². The molecule has 2 aromatic heterocycles. The third-order valence-electron chi connectivity index (χ3n) is 1.62. The van der Waals surface area contributed by atoms with Crippen molar-refractivity contribution in [1.82, 2.24) is 19.8 Å². The number of carbonyl (C=O) groups is 1. The molecule has 0 saturated carbocycles. The number of rotatable bonds is 2. The molecule has 0 spiro atoms. The minimum absolute atomic E-state index is 0.209. The number of amides is 1. The summed E-state index contributed by atoms with van der Waals surface area (Å²) in [6, 6.07) is 3.29. The fraction of sp³-hybridized carbons (Fsp3) is 0.250. The van der Waals surface area contributed by atoms with Crippen LogP contribution >= 0.6 is 0 Å². The fourth-order valence-electron chi connectivity index (χ4n) is 1.03. The number of hydrogen-bond acceptors (Lipinski definition) is 5. The molecule has 2 aromatic rings. The number of hydrogen-bond donors (Lipinski definition) is 1. The minimum Gasteiger partial charge on any atom is -0.450 e. The second-order valence-electron chi connectivity index (χ2n) is 2.60. The summed E-state index contributed by atoms with van der Waals surface area (Å²) in [5.74, 6) is 0.209. The first-order valence-corrected chi connectivity index (χ1v) is 4.33. The first-order valence-electron chi connectivity index (χ1n) is 4.33. The zero-order valence-electron chi connectivity index (χ0n) is 7.97. The van der Waals surface area contributed by atoms with Crippen LogP contribution in [0.1, 0.15) is 6.92 Å². The molecule has 0 fully saturated rings. The largest absolute Gasteiger partial charge is 0.450 e. The van der Waals surface area contributed by atoms with Gasteiger partial charge < -0.3 is 4.74 Å². The van der Waals surface area contributed by atoms with E-state index in [2.05, 4.69) is 26.8 Å². The van der Waals surface area contributed by atoms with Gasteiger partial charge in [-0.1, -0.05) is 0 Å². The van der Waals surface area contributed by atoms with Gasteiger partial charge in [-0.05, 0) is 19.1 Å². The molecule has 7 nitrogen and oxygen atoms in total. The smallest absolute Gasteiger partial charge is 0.414 e. The highest BCUT2D eigenvalue weighted by atomic mass is 16.5. The minimum atomic E-state index is -0.586. The van der Waals surface area contributed by atoms with Crippen LogP contribution in [-0.4, -0.2) is 32.5 Å². The van der Waals surface area contributed by atoms with Crippen molar-refractivity contribution in [3.8, 4) is 0 Å². The number of nitrogens with one attached hydrogen (secondary N) is 1. The Morgan fingerprint density at radius 3 is 3.33 bits per heavy atom. The van der Waals surface area contributed by atoms with Gasteiger partial charge in [0.25, 0.3) is 5.95 Å². The second-order valence-corrected chi connectivity index (χ2v) is 2.60. The Morgan fingerprint density at radius 1 is 1.67 bits per heavy atom. The molecule has 2 rings (SSSR count). The standard InChI is InChI=1S/C8H8N5O2/c1-2-15-8(14)10-7-12-11-6-4-3-5-9-13(6)7/h3-4H,2H2,1H3,(H,10,12,14). The van der Waals surface area contributed by atoms with Crippen molar-refractivity contribution in [2.45, 2.75) is 6.92 Å². The van der Waals surface area contributed by atoms with Gasteiger partial charge in [0.05, 0.1) is 6.61 Å². The predicted molar refractivity (Wildman–Crippen MR) is 50.3 cm³/mol. The lowest BCUT2D eigenvalue weighted by atomic mass is 10.6. The van der Waals surface area contributed by atoms with E-state index in [-0.39, 0.29) is 5.95 Å². The molecular formula is C8H8N5O2. The van der Waals surface area contributed by atoms with E-state index in [0.717, 1.165) is 0 Å². The first-order chi connectivity index (χ1) is 7.31. The molecule has 1 N–H and O–H groups in total. The number of nitrogens with zero attached hydrogens (tertiary/aromatic N) is 4. The van der Waals surface area contributed by atoms with Crippen LogP contribution < -0.4 is 5.32 Å². The number of fused-ring (bicyclic) bond motifs is 1. The summed E-state index contributed by atoms with van der Waals surface area (Å²) in [5.41, 5.74) is 0.528. The number of carbonyl (C=O) groups excluding carboxylic acids is 1. The van der Waals surface area contributed by atoms with Gasteiger partial charge >= 0.3 is 6.09 Å². The van der Waals surface area contributed by atoms with Crippen molar-refractivity contribution >= 4 is 17.7 Å². The molecule has 0 aliphatic heterocycles. The van der Waals surface area contributed by atoms with Crippen LogP contribution in [0.25, 0.3) is 5.65 Å². The molecule has 0 bridgehead atoms. The first kappa shape index (κ1) is 9.38. The Morgan fingerprint density at radius 2 is 2.53 bits per heavy atom. The Bertz CT molecular complexity index is 481. The van der Waals surface area contributed by atoms with Crippen LogP contribution in [0.3, 0.4) is 0 Å². The van der Waals surface area contributed by atoms with Gasteiger partial charge in [-0.2, -0.15) is 9.61 Å². The van der Waals surface area contributed by atoms with Gasteiger partial charge in [0.1, 0.15) is 6.20 Å². The van der Waals surface area contributed by atoms with E-state index in [4.69, 9.17) is 4.74 Å². The van der Waals surface area contributed by atoms with Crippen molar-refractivity contribution in [3.05, 3.63) is 18.3 Å². The van der Waals surface area contributed by atoms with Gasteiger partial charge in [0.2, 0.25) is 0 Å². The second kappa shape index (κ2) is 3.91. The molecular weight excluding hydrogens is 198 g/mol. The van der Waals surface area contributed by atoms with Crippen molar-refractivity contribution in [2.24, 2.45) is 0 Å². The predicted octanol–water partition coefficient (Wildman–Crippen LogP) is 0.493. The molecule has 0 unspecified atom stereocenters. The molecule has 15 heavy (non-hydrogen) atoms. The lowest BCUT2D eigenvalue weighted by molar-refractivity contribution is 0.167. The quantitative estimate of drug-likeness (QED) is 0.773. The van der Waals surface area contributed by atoms with E-state index in [0.29, 0.717) is 12.3 Å². The van der Waals surface area contributed by atoms with Crippen LogP contribution in [0.15, 0.2) is 12.1 Å². The van der Waals surface area contributed by atoms with E-state index >= 15 is 0 Å². The molecule has 0 saturated heterocycles. The Balaban J connectivity index is 2.25. The van der Waals surface area contributed by atoms with E-state index in [1.165, 1.54) is 4.52 Å². The lowest BCUT2D eigenvalue weighted by Crippen LogP contribution is -2.15. The Kier molecular flexibility index (Phi) is 2.44. The van der Waals surface area contributed by atoms with Crippen LogP contribution in [0.4, 0.5) is 10.7 Å². The lowest BCUT2D eigenvalue weighted by Gasteiger charge is -2.01. The maximum atomic E-state index is 11.1. The van der Waals surface area contributed by atoms with E-state index in [9.17, 15) is 4.79 Å².